The lowest BCUT2D eigenvalue weighted by Gasteiger charge is -2.39. The predicted octanol–water partition coefficient (Wildman–Crippen LogP) is 25.7. The van der Waals surface area contributed by atoms with Gasteiger partial charge in [0.1, 0.15) is 0 Å². The Morgan fingerprint density at radius 3 is 0.975 bits per heavy atom. The molecule has 1 saturated heterocycles. The Labute approximate surface area is 715 Å². The zero-order chi connectivity index (χ0) is 81.6. The highest BCUT2D eigenvalue weighted by Crippen LogP contribution is 2.64. The maximum atomic E-state index is 6.19. The lowest BCUT2D eigenvalue weighted by atomic mass is 9.65. The maximum absolute atomic E-state index is 6.19. The van der Waals surface area contributed by atoms with E-state index < -0.39 is 12.5 Å². The van der Waals surface area contributed by atoms with E-state index in [1.165, 1.54) is 127 Å². The van der Waals surface area contributed by atoms with Crippen molar-refractivity contribution in [3.8, 4) is 113 Å². The van der Waals surface area contributed by atoms with Gasteiger partial charge in [0.15, 0.2) is 34.9 Å². The summed E-state index contributed by atoms with van der Waals surface area (Å²) >= 11 is 3.79. The number of benzene rings is 16. The fourth-order valence-electron chi connectivity index (χ4n) is 19.7. The highest BCUT2D eigenvalue weighted by atomic mass is 79.9. The lowest BCUT2D eigenvalue weighted by Crippen LogP contribution is -2.41. The Balaban J connectivity index is 0.000000113. The molecule has 2 aliphatic carbocycles. The molecule has 0 saturated carbocycles. The normalized spacial score (nSPS) is 16.0. The first-order valence-corrected chi connectivity index (χ1v) is 42.4. The minimum absolute atomic E-state index is 0.351. The second kappa shape index (κ2) is 28.4. The molecular formula is C110H76BBrN8O2. The van der Waals surface area contributed by atoms with Crippen molar-refractivity contribution in [2.24, 2.45) is 0 Å². The van der Waals surface area contributed by atoms with Crippen LogP contribution in [0.3, 0.4) is 0 Å². The van der Waals surface area contributed by atoms with Crippen LogP contribution in [0.25, 0.3) is 157 Å². The standard InChI is InChI=1S/C52H32N4.C31H18BrN.C27H26BN3O2/c1-3-14-34(15-4-1)49-53-50(35-16-5-2-6-17-35)55-51(54-49)36-28-26-33(27-29-36)37-30-31-39-38-18-7-9-21-42(38)52(45(39)32-37)43-22-10-12-25-47(43)56-46-24-11-8-19-40(46)41-20-13-23-44(52)48(41)56;32-19-16-17-21-20-8-1-3-11-24(20)31(27(21)18-19)25-12-4-6-15-29(25)33-28-14-5-2-9-22(28)23-10-7-13-26(31)30(23)33;1-26(2)27(3,4)33-28(32-26)22-17-15-21(16-18-22)25-30-23(19-11-7-5-8-12-19)29-24(31-25)20-13-9-6-10-14-20/h1-32H;1-18H;5-18H,1-4H3. The van der Waals surface area contributed by atoms with E-state index in [-0.39, 0.29) is 16.6 Å². The molecule has 4 aromatic heterocycles. The van der Waals surface area contributed by atoms with Crippen LogP contribution >= 0.6 is 15.9 Å². The van der Waals surface area contributed by atoms with E-state index in [4.69, 9.17) is 39.2 Å². The van der Waals surface area contributed by atoms with Gasteiger partial charge in [-0.05, 0) is 154 Å². The summed E-state index contributed by atoms with van der Waals surface area (Å²) in [4.78, 5) is 29.2. The average Bonchev–Trinajstić information content (AvgIpc) is 1.50. The highest BCUT2D eigenvalue weighted by molar-refractivity contribution is 9.10. The zero-order valence-corrected chi connectivity index (χ0v) is 68.9. The Morgan fingerprint density at radius 2 is 0.549 bits per heavy atom. The van der Waals surface area contributed by atoms with E-state index in [0.717, 1.165) is 48.9 Å². The molecule has 2 spiro atoms. The Bertz CT molecular complexity index is 7470. The summed E-state index contributed by atoms with van der Waals surface area (Å²) in [6.45, 7) is 8.23. The van der Waals surface area contributed by atoms with Gasteiger partial charge >= 0.3 is 7.12 Å². The van der Waals surface area contributed by atoms with Gasteiger partial charge in [0.2, 0.25) is 0 Å². The van der Waals surface area contributed by atoms with Crippen LogP contribution in [0.4, 0.5) is 0 Å². The van der Waals surface area contributed by atoms with Crippen LogP contribution in [-0.2, 0) is 20.1 Å². The second-order valence-electron chi connectivity index (χ2n) is 33.0. The van der Waals surface area contributed by atoms with Gasteiger partial charge in [-0.2, -0.15) is 0 Å². The molecule has 16 aromatic carbocycles. The quantitative estimate of drug-likeness (QED) is 0.139. The highest BCUT2D eigenvalue weighted by Gasteiger charge is 2.54. The molecule has 12 heteroatoms. The number of fused-ring (bicyclic) bond motifs is 24. The zero-order valence-electron chi connectivity index (χ0n) is 67.3. The Morgan fingerprint density at radius 1 is 0.246 bits per heavy atom. The molecule has 122 heavy (non-hydrogen) atoms. The molecule has 0 amide bonds. The first-order valence-electron chi connectivity index (χ1n) is 41.6. The molecule has 5 aliphatic rings. The van der Waals surface area contributed by atoms with E-state index >= 15 is 0 Å². The van der Waals surface area contributed by atoms with Gasteiger partial charge in [-0.1, -0.05) is 362 Å². The summed E-state index contributed by atoms with van der Waals surface area (Å²) in [6.07, 6.45) is 0. The molecular weight excluding hydrogens is 1560 g/mol. The van der Waals surface area contributed by atoms with Crippen LogP contribution in [0.15, 0.2) is 393 Å². The van der Waals surface area contributed by atoms with E-state index in [1.54, 1.807) is 0 Å². The van der Waals surface area contributed by atoms with E-state index in [0.29, 0.717) is 34.9 Å². The number of nitrogens with zero attached hydrogens (tertiary/aromatic N) is 8. The van der Waals surface area contributed by atoms with Crippen molar-refractivity contribution in [1.82, 2.24) is 39.0 Å². The molecule has 20 aromatic rings. The van der Waals surface area contributed by atoms with Crippen LogP contribution in [0.2, 0.25) is 0 Å². The molecule has 578 valence electrons. The molecule has 3 aliphatic heterocycles. The van der Waals surface area contributed by atoms with Gasteiger partial charge in [-0.15, -0.1) is 0 Å². The Hall–Kier alpha value is -14.4. The smallest absolute Gasteiger partial charge is 0.399 e. The lowest BCUT2D eigenvalue weighted by molar-refractivity contribution is 0.00578. The number of halogens is 1. The minimum atomic E-state index is -0.491. The third-order valence-electron chi connectivity index (χ3n) is 25.9. The molecule has 10 nitrogen and oxygen atoms in total. The molecule has 0 N–H and O–H groups in total. The summed E-state index contributed by atoms with van der Waals surface area (Å²) in [5, 5.41) is 5.19. The molecule has 1 fully saturated rings. The van der Waals surface area contributed by atoms with E-state index in [2.05, 4.69) is 295 Å². The van der Waals surface area contributed by atoms with Crippen molar-refractivity contribution in [1.29, 1.82) is 0 Å². The van der Waals surface area contributed by atoms with Crippen LogP contribution in [0, 0.1) is 0 Å². The number of aromatic nitrogens is 8. The van der Waals surface area contributed by atoms with Crippen molar-refractivity contribution < 1.29 is 9.31 Å². The van der Waals surface area contributed by atoms with Crippen LogP contribution in [-0.4, -0.2) is 57.4 Å². The largest absolute Gasteiger partial charge is 0.494 e. The van der Waals surface area contributed by atoms with Crippen molar-refractivity contribution in [3.05, 3.63) is 437 Å². The average molecular weight is 1630 g/mol. The maximum Gasteiger partial charge on any atom is 0.494 e. The molecule has 7 heterocycles. The molecule has 0 radical (unpaired) electrons. The number of hydrogen-bond acceptors (Lipinski definition) is 8. The van der Waals surface area contributed by atoms with Crippen molar-refractivity contribution in [2.45, 2.75) is 49.7 Å². The Kier molecular flexibility index (Phi) is 16.9. The summed E-state index contributed by atoms with van der Waals surface area (Å²) in [5.74, 6) is 3.88. The number of rotatable bonds is 8. The van der Waals surface area contributed by atoms with Crippen LogP contribution in [0.5, 0.6) is 0 Å². The summed E-state index contributed by atoms with van der Waals surface area (Å²) in [6, 6.07) is 138. The van der Waals surface area contributed by atoms with Crippen molar-refractivity contribution in [3.63, 3.8) is 0 Å². The van der Waals surface area contributed by atoms with Gasteiger partial charge < -0.3 is 18.4 Å². The monoisotopic (exact) mass is 1630 g/mol. The van der Waals surface area contributed by atoms with Crippen molar-refractivity contribution in [2.75, 3.05) is 0 Å². The van der Waals surface area contributed by atoms with Gasteiger partial charge in [0.25, 0.3) is 0 Å². The third kappa shape index (κ3) is 11.2. The number of para-hydroxylation sites is 6. The number of hydrogen-bond donors (Lipinski definition) is 0. The SMILES string of the molecule is Brc1ccc2c(c1)C1(c3ccccc3-2)c2ccccc2-n2c3ccccc3c3cccc1c32.CC1(C)OB(c2ccc(-c3nc(-c4ccccc4)nc(-c4ccccc4)n3)cc2)OC1(C)C.c1ccc(-c2nc(-c3ccccc3)nc(-c3ccc(-c4ccc5c(c4)C4(c6ccccc6-5)c5ccccc5-n5c6ccccc6c6cccc4c65)cc3)n2)cc1. The van der Waals surface area contributed by atoms with Gasteiger partial charge in [-0.3, -0.25) is 0 Å². The van der Waals surface area contributed by atoms with E-state index in [9.17, 15) is 0 Å². The predicted molar refractivity (Wildman–Crippen MR) is 498 cm³/mol. The fourth-order valence-corrected chi connectivity index (χ4v) is 20.1. The van der Waals surface area contributed by atoms with E-state index in [1.807, 2.05) is 146 Å². The van der Waals surface area contributed by atoms with Crippen LogP contribution < -0.4 is 5.46 Å². The summed E-state index contributed by atoms with van der Waals surface area (Å²) in [5.41, 5.74) is 30.9. The van der Waals surface area contributed by atoms with Crippen LogP contribution in [0.1, 0.15) is 72.2 Å². The van der Waals surface area contributed by atoms with Gasteiger partial charge in [0, 0.05) is 59.4 Å². The summed E-state index contributed by atoms with van der Waals surface area (Å²) in [7, 11) is -0.401. The molecule has 25 rings (SSSR count). The molecule has 2 atom stereocenters. The first-order chi connectivity index (χ1) is 59.9. The summed E-state index contributed by atoms with van der Waals surface area (Å²) < 4.78 is 18.5. The first kappa shape index (κ1) is 72.8. The minimum Gasteiger partial charge on any atom is -0.399 e. The second-order valence-corrected chi connectivity index (χ2v) is 34.0. The molecule has 0 bridgehead atoms. The van der Waals surface area contributed by atoms with Gasteiger partial charge in [0.05, 0.1) is 55.5 Å². The van der Waals surface area contributed by atoms with Gasteiger partial charge in [-0.25, -0.2) is 29.9 Å². The van der Waals surface area contributed by atoms with Crippen molar-refractivity contribution >= 4 is 72.1 Å². The fraction of sp³-hybridized carbons (Fsp3) is 0.0727. The third-order valence-corrected chi connectivity index (χ3v) is 26.4. The topological polar surface area (TPSA) is 106 Å². The molecule has 2 unspecified atom stereocenters.